The average Bonchev–Trinajstić information content (AvgIpc) is 2.50. The highest BCUT2D eigenvalue weighted by Crippen LogP contribution is 2.26. The smallest absolute Gasteiger partial charge is 0.244 e. The van der Waals surface area contributed by atoms with Gasteiger partial charge in [-0.05, 0) is 52.6 Å². The first kappa shape index (κ1) is 13.4. The molecule has 0 aliphatic carbocycles. The number of carbonyl (C=O) groups excluding carboxylic acids is 1. The van der Waals surface area contributed by atoms with Gasteiger partial charge in [0.1, 0.15) is 0 Å². The van der Waals surface area contributed by atoms with E-state index in [4.69, 9.17) is 5.73 Å². The summed E-state index contributed by atoms with van der Waals surface area (Å²) in [6, 6.07) is 19.0. The van der Waals surface area contributed by atoms with E-state index in [1.54, 1.807) is 6.92 Å². The van der Waals surface area contributed by atoms with Crippen LogP contribution in [0.4, 0.5) is 0 Å². The van der Waals surface area contributed by atoms with Crippen LogP contribution in [-0.2, 0) is 11.2 Å². The molecule has 0 spiro atoms. The largest absolute Gasteiger partial charge is 0.366 e. The summed E-state index contributed by atoms with van der Waals surface area (Å²) in [5.74, 6) is -0.360. The van der Waals surface area contributed by atoms with Gasteiger partial charge in [-0.2, -0.15) is 0 Å². The number of rotatable bonds is 3. The lowest BCUT2D eigenvalue weighted by Gasteiger charge is -2.07. The summed E-state index contributed by atoms with van der Waals surface area (Å²) in [5.41, 5.74) is 7.09. The van der Waals surface area contributed by atoms with E-state index >= 15 is 0 Å². The third kappa shape index (κ3) is 2.65. The van der Waals surface area contributed by atoms with Crippen LogP contribution in [0.25, 0.3) is 21.5 Å². The molecule has 0 aromatic heterocycles. The van der Waals surface area contributed by atoms with Gasteiger partial charge in [0.2, 0.25) is 5.91 Å². The SMILES string of the molecule is CC(=CCc1cccc2cc3ccccc3cc12)C(N)=O. The maximum atomic E-state index is 11.1. The molecule has 0 aliphatic rings. The molecule has 0 radical (unpaired) electrons. The van der Waals surface area contributed by atoms with E-state index in [0.717, 1.165) is 0 Å². The summed E-state index contributed by atoms with van der Waals surface area (Å²) >= 11 is 0. The van der Waals surface area contributed by atoms with Crippen molar-refractivity contribution in [1.29, 1.82) is 0 Å². The average molecular weight is 275 g/mol. The van der Waals surface area contributed by atoms with Gasteiger partial charge < -0.3 is 5.73 Å². The molecule has 0 atom stereocenters. The molecule has 3 rings (SSSR count). The van der Waals surface area contributed by atoms with Gasteiger partial charge in [-0.1, -0.05) is 48.5 Å². The number of fused-ring (bicyclic) bond motifs is 2. The van der Waals surface area contributed by atoms with Crippen molar-refractivity contribution in [3.63, 3.8) is 0 Å². The van der Waals surface area contributed by atoms with Crippen molar-refractivity contribution >= 4 is 27.5 Å². The number of nitrogens with two attached hydrogens (primary N) is 1. The lowest BCUT2D eigenvalue weighted by molar-refractivity contribution is -0.114. The number of carbonyl (C=O) groups is 1. The minimum Gasteiger partial charge on any atom is -0.366 e. The molecule has 0 fully saturated rings. The van der Waals surface area contributed by atoms with Crippen LogP contribution in [0.2, 0.25) is 0 Å². The topological polar surface area (TPSA) is 43.1 Å². The summed E-state index contributed by atoms with van der Waals surface area (Å²) in [6.45, 7) is 1.75. The van der Waals surface area contributed by atoms with Crippen LogP contribution in [0.3, 0.4) is 0 Å². The molecular formula is C19H17NO. The summed E-state index contributed by atoms with van der Waals surface area (Å²) < 4.78 is 0. The molecule has 0 heterocycles. The molecule has 0 unspecified atom stereocenters. The number of amides is 1. The monoisotopic (exact) mass is 275 g/mol. The second-order valence-electron chi connectivity index (χ2n) is 5.29. The Balaban J connectivity index is 2.12. The standard InChI is InChI=1S/C19H17NO/c1-13(19(20)21)9-10-14-7-4-8-17-11-15-5-2-3-6-16(15)12-18(14)17/h2-9,11-12H,10H2,1H3,(H2,20,21). The van der Waals surface area contributed by atoms with Crippen LogP contribution in [0, 0.1) is 0 Å². The lowest BCUT2D eigenvalue weighted by atomic mass is 9.97. The summed E-state index contributed by atoms with van der Waals surface area (Å²) in [7, 11) is 0. The Morgan fingerprint density at radius 2 is 1.67 bits per heavy atom. The predicted molar refractivity (Wildman–Crippen MR) is 88.1 cm³/mol. The fraction of sp³-hybridized carbons (Fsp3) is 0.105. The zero-order chi connectivity index (χ0) is 14.8. The Morgan fingerprint density at radius 3 is 2.38 bits per heavy atom. The van der Waals surface area contributed by atoms with Gasteiger partial charge in [-0.25, -0.2) is 0 Å². The van der Waals surface area contributed by atoms with Crippen LogP contribution in [0.5, 0.6) is 0 Å². The third-order valence-electron chi connectivity index (χ3n) is 3.85. The molecule has 2 N–H and O–H groups in total. The van der Waals surface area contributed by atoms with Crippen LogP contribution >= 0.6 is 0 Å². The Bertz CT molecular complexity index is 862. The van der Waals surface area contributed by atoms with E-state index in [1.165, 1.54) is 27.1 Å². The molecule has 104 valence electrons. The normalized spacial score (nSPS) is 12.0. The highest BCUT2D eigenvalue weighted by molar-refractivity contribution is 5.99. The van der Waals surface area contributed by atoms with E-state index in [2.05, 4.69) is 48.5 Å². The Labute approximate surface area is 123 Å². The molecule has 0 saturated carbocycles. The molecule has 1 amide bonds. The first-order chi connectivity index (χ1) is 10.1. The lowest BCUT2D eigenvalue weighted by Crippen LogP contribution is -2.11. The van der Waals surface area contributed by atoms with Crippen LogP contribution < -0.4 is 5.73 Å². The quantitative estimate of drug-likeness (QED) is 0.570. The Kier molecular flexibility index (Phi) is 3.44. The van der Waals surface area contributed by atoms with Gasteiger partial charge in [-0.3, -0.25) is 4.79 Å². The molecule has 21 heavy (non-hydrogen) atoms. The fourth-order valence-corrected chi connectivity index (χ4v) is 2.57. The Morgan fingerprint density at radius 1 is 1.00 bits per heavy atom. The molecular weight excluding hydrogens is 258 g/mol. The van der Waals surface area contributed by atoms with Crippen molar-refractivity contribution in [1.82, 2.24) is 0 Å². The maximum Gasteiger partial charge on any atom is 0.244 e. The number of hydrogen-bond donors (Lipinski definition) is 1. The molecule has 0 bridgehead atoms. The van der Waals surface area contributed by atoms with Crippen molar-refractivity contribution in [3.05, 3.63) is 71.8 Å². The van der Waals surface area contributed by atoms with Gasteiger partial charge >= 0.3 is 0 Å². The molecule has 0 saturated heterocycles. The van der Waals surface area contributed by atoms with Gasteiger partial charge in [0.15, 0.2) is 0 Å². The fourth-order valence-electron chi connectivity index (χ4n) is 2.57. The molecule has 2 heteroatoms. The number of benzene rings is 3. The van der Waals surface area contributed by atoms with Crippen molar-refractivity contribution in [2.45, 2.75) is 13.3 Å². The maximum absolute atomic E-state index is 11.1. The number of hydrogen-bond acceptors (Lipinski definition) is 1. The van der Waals surface area contributed by atoms with Gasteiger partial charge in [0, 0.05) is 5.57 Å². The second-order valence-corrected chi connectivity index (χ2v) is 5.29. The van der Waals surface area contributed by atoms with Gasteiger partial charge in [-0.15, -0.1) is 0 Å². The van der Waals surface area contributed by atoms with E-state index in [1.807, 2.05) is 12.1 Å². The van der Waals surface area contributed by atoms with Gasteiger partial charge in [0.05, 0.1) is 0 Å². The first-order valence-electron chi connectivity index (χ1n) is 7.02. The van der Waals surface area contributed by atoms with Crippen molar-refractivity contribution in [3.8, 4) is 0 Å². The number of allylic oxidation sites excluding steroid dienone is 1. The highest BCUT2D eigenvalue weighted by atomic mass is 16.1. The van der Waals surface area contributed by atoms with E-state index in [0.29, 0.717) is 12.0 Å². The third-order valence-corrected chi connectivity index (χ3v) is 3.85. The molecule has 3 aromatic rings. The van der Waals surface area contributed by atoms with E-state index < -0.39 is 0 Å². The van der Waals surface area contributed by atoms with E-state index in [9.17, 15) is 4.79 Å². The predicted octanol–water partition coefficient (Wildman–Crippen LogP) is 3.97. The summed E-state index contributed by atoms with van der Waals surface area (Å²) in [5, 5.41) is 4.92. The second kappa shape index (κ2) is 5.41. The summed E-state index contributed by atoms with van der Waals surface area (Å²) in [6.07, 6.45) is 2.61. The molecule has 0 aliphatic heterocycles. The zero-order valence-corrected chi connectivity index (χ0v) is 12.0. The minimum absolute atomic E-state index is 0.360. The summed E-state index contributed by atoms with van der Waals surface area (Å²) in [4.78, 5) is 11.1. The zero-order valence-electron chi connectivity index (χ0n) is 12.0. The molecule has 3 aromatic carbocycles. The first-order valence-corrected chi connectivity index (χ1v) is 7.02. The van der Waals surface area contributed by atoms with Crippen molar-refractivity contribution in [2.24, 2.45) is 5.73 Å². The highest BCUT2D eigenvalue weighted by Gasteiger charge is 2.03. The molecule has 2 nitrogen and oxygen atoms in total. The van der Waals surface area contributed by atoms with Crippen molar-refractivity contribution < 1.29 is 4.79 Å². The van der Waals surface area contributed by atoms with Gasteiger partial charge in [0.25, 0.3) is 0 Å². The minimum atomic E-state index is -0.360. The van der Waals surface area contributed by atoms with E-state index in [-0.39, 0.29) is 5.91 Å². The van der Waals surface area contributed by atoms with Crippen LogP contribution in [-0.4, -0.2) is 5.91 Å². The number of primary amides is 1. The van der Waals surface area contributed by atoms with Crippen LogP contribution in [0.15, 0.2) is 66.2 Å². The van der Waals surface area contributed by atoms with Crippen molar-refractivity contribution in [2.75, 3.05) is 0 Å². The van der Waals surface area contributed by atoms with Crippen LogP contribution in [0.1, 0.15) is 12.5 Å². The Hall–Kier alpha value is -2.61.